The highest BCUT2D eigenvalue weighted by atomic mass is 32.1. The van der Waals surface area contributed by atoms with E-state index in [1.54, 1.807) is 11.4 Å². The number of carbonyl (C=O) groups excluding carboxylic acids is 3. The second kappa shape index (κ2) is 11.8. The van der Waals surface area contributed by atoms with E-state index >= 15 is 0 Å². The summed E-state index contributed by atoms with van der Waals surface area (Å²) in [4.78, 5) is 43.4. The number of urea groups is 1. The molecule has 0 radical (unpaired) electrons. The average Bonchev–Trinajstić information content (AvgIpc) is 3.45. The minimum atomic E-state index is -0.518. The molecule has 0 bridgehead atoms. The van der Waals surface area contributed by atoms with Gasteiger partial charge in [0.25, 0.3) is 0 Å². The minimum Gasteiger partial charge on any atom is -0.448 e. The fourth-order valence-corrected chi connectivity index (χ4v) is 4.32. The summed E-state index contributed by atoms with van der Waals surface area (Å²) in [6.45, 7) is 3.06. The molecular weight excluding hydrogens is 442 g/mol. The van der Waals surface area contributed by atoms with Gasteiger partial charge >= 0.3 is 12.1 Å². The van der Waals surface area contributed by atoms with Gasteiger partial charge in [0.1, 0.15) is 6.61 Å². The highest BCUT2D eigenvalue weighted by Crippen LogP contribution is 2.31. The van der Waals surface area contributed by atoms with Crippen molar-refractivity contribution in [3.8, 4) is 0 Å². The Morgan fingerprint density at radius 2 is 1.94 bits per heavy atom. The van der Waals surface area contributed by atoms with Crippen molar-refractivity contribution in [1.29, 1.82) is 0 Å². The lowest BCUT2D eigenvalue weighted by Gasteiger charge is -2.14. The Morgan fingerprint density at radius 1 is 1.18 bits per heavy atom. The number of alkyl carbamates (subject to hydrolysis) is 1. The molecule has 1 aliphatic rings. The van der Waals surface area contributed by atoms with Crippen LogP contribution in [0.1, 0.15) is 47.3 Å². The third kappa shape index (κ3) is 7.54. The van der Waals surface area contributed by atoms with E-state index in [0.29, 0.717) is 35.2 Å². The average molecular weight is 474 g/mol. The highest BCUT2D eigenvalue weighted by molar-refractivity contribution is 7.13. The number of ether oxygens (including phenoxy) is 1. The molecule has 1 heterocycles. The second-order valence-electron chi connectivity index (χ2n) is 8.41. The molecule has 0 unspecified atom stereocenters. The summed E-state index contributed by atoms with van der Waals surface area (Å²) in [5.74, 6) is 0.116. The van der Waals surface area contributed by atoms with Crippen LogP contribution in [0.15, 0.2) is 23.6 Å². The van der Waals surface area contributed by atoms with Gasteiger partial charge < -0.3 is 20.3 Å². The summed E-state index contributed by atoms with van der Waals surface area (Å²) in [6.07, 6.45) is 3.42. The maximum Gasteiger partial charge on any atom is 0.407 e. The van der Waals surface area contributed by atoms with Crippen molar-refractivity contribution in [3.63, 3.8) is 0 Å². The number of hydrogen-bond donors (Lipinski definition) is 3. The molecule has 1 saturated carbocycles. The van der Waals surface area contributed by atoms with Crippen molar-refractivity contribution in [2.45, 2.75) is 39.2 Å². The van der Waals surface area contributed by atoms with Crippen LogP contribution in [-0.4, -0.2) is 55.0 Å². The van der Waals surface area contributed by atoms with Crippen LogP contribution in [0.25, 0.3) is 0 Å². The summed E-state index contributed by atoms with van der Waals surface area (Å²) in [6, 6.07) is 4.99. The van der Waals surface area contributed by atoms with Crippen molar-refractivity contribution in [2.75, 3.05) is 37.9 Å². The largest absolute Gasteiger partial charge is 0.448 e. The normalized spacial score (nSPS) is 13.7. The molecule has 0 atom stereocenters. The van der Waals surface area contributed by atoms with E-state index in [-0.39, 0.29) is 18.2 Å². The number of Topliss-reactive ketones (excluding diaryl/α,β-unsaturated/α-hetero) is 1. The van der Waals surface area contributed by atoms with Gasteiger partial charge in [-0.05, 0) is 46.0 Å². The monoisotopic (exact) mass is 473 g/mol. The SMILES string of the molecule is Cc1ccc(NC(=O)Nc2nc(CNC(=O)OCCN(C)C)cs2)c(C(=O)C2CCCC2)c1. The van der Waals surface area contributed by atoms with Gasteiger partial charge in [0, 0.05) is 23.4 Å². The van der Waals surface area contributed by atoms with Crippen LogP contribution >= 0.6 is 11.3 Å². The number of rotatable bonds is 9. The van der Waals surface area contributed by atoms with E-state index in [4.69, 9.17) is 4.74 Å². The van der Waals surface area contributed by atoms with E-state index in [2.05, 4.69) is 20.9 Å². The number of aryl methyl sites for hydroxylation is 1. The molecular formula is C23H31N5O4S. The van der Waals surface area contributed by atoms with Crippen LogP contribution < -0.4 is 16.0 Å². The Bertz CT molecular complexity index is 985. The first-order chi connectivity index (χ1) is 15.8. The summed E-state index contributed by atoms with van der Waals surface area (Å²) in [5, 5.41) is 10.2. The fraction of sp³-hybridized carbons (Fsp3) is 0.478. The van der Waals surface area contributed by atoms with Crippen LogP contribution in [0.5, 0.6) is 0 Å². The van der Waals surface area contributed by atoms with Crippen LogP contribution in [0.4, 0.5) is 20.4 Å². The van der Waals surface area contributed by atoms with E-state index in [9.17, 15) is 14.4 Å². The van der Waals surface area contributed by atoms with Gasteiger partial charge in [-0.15, -0.1) is 11.3 Å². The van der Waals surface area contributed by atoms with Crippen LogP contribution in [0, 0.1) is 12.8 Å². The molecule has 1 fully saturated rings. The predicted molar refractivity (Wildman–Crippen MR) is 129 cm³/mol. The van der Waals surface area contributed by atoms with Gasteiger partial charge in [-0.3, -0.25) is 10.1 Å². The molecule has 3 rings (SSSR count). The molecule has 3 amide bonds. The van der Waals surface area contributed by atoms with E-state index in [0.717, 1.165) is 31.2 Å². The second-order valence-corrected chi connectivity index (χ2v) is 9.27. The molecule has 0 spiro atoms. The number of amides is 3. The van der Waals surface area contributed by atoms with Crippen LogP contribution in [-0.2, 0) is 11.3 Å². The zero-order valence-corrected chi connectivity index (χ0v) is 20.1. The lowest BCUT2D eigenvalue weighted by molar-refractivity contribution is 0.0923. The Morgan fingerprint density at radius 3 is 2.67 bits per heavy atom. The zero-order chi connectivity index (χ0) is 23.8. The van der Waals surface area contributed by atoms with Gasteiger partial charge in [0.05, 0.1) is 17.9 Å². The Labute approximate surface area is 197 Å². The summed E-state index contributed by atoms with van der Waals surface area (Å²) in [5.41, 5.74) is 2.62. The number of benzene rings is 1. The Balaban J connectivity index is 1.53. The van der Waals surface area contributed by atoms with Gasteiger partial charge in [0.2, 0.25) is 0 Å². The maximum absolute atomic E-state index is 13.0. The first-order valence-electron chi connectivity index (χ1n) is 11.0. The number of thiazole rings is 1. The summed E-state index contributed by atoms with van der Waals surface area (Å²) in [7, 11) is 3.79. The van der Waals surface area contributed by atoms with Crippen molar-refractivity contribution in [3.05, 3.63) is 40.4 Å². The number of aromatic nitrogens is 1. The molecule has 1 aromatic carbocycles. The molecule has 9 nitrogen and oxygen atoms in total. The van der Waals surface area contributed by atoms with E-state index in [1.165, 1.54) is 11.3 Å². The topological polar surface area (TPSA) is 113 Å². The Hall–Kier alpha value is -2.98. The van der Waals surface area contributed by atoms with E-state index < -0.39 is 12.1 Å². The van der Waals surface area contributed by atoms with Crippen LogP contribution in [0.3, 0.4) is 0 Å². The molecule has 0 aliphatic heterocycles. The standard InChI is InChI=1S/C23H31N5O4S/c1-15-8-9-19(18(12-15)20(29)16-6-4-5-7-16)26-21(30)27-22-25-17(14-33-22)13-24-23(31)32-11-10-28(2)3/h8-9,12,14,16H,4-7,10-11,13H2,1-3H3,(H,24,31)(H2,25,26,27,30). The highest BCUT2D eigenvalue weighted by Gasteiger charge is 2.26. The lowest BCUT2D eigenvalue weighted by atomic mass is 9.94. The summed E-state index contributed by atoms with van der Waals surface area (Å²) < 4.78 is 5.06. The Kier molecular flexibility index (Phi) is 8.79. The van der Waals surface area contributed by atoms with Gasteiger partial charge in [-0.2, -0.15) is 0 Å². The number of nitrogens with one attached hydrogen (secondary N) is 3. The first kappa shape index (κ1) is 24.7. The molecule has 10 heteroatoms. The fourth-order valence-electron chi connectivity index (χ4n) is 3.61. The number of ketones is 1. The lowest BCUT2D eigenvalue weighted by Crippen LogP contribution is -2.27. The number of nitrogens with zero attached hydrogens (tertiary/aromatic N) is 2. The number of hydrogen-bond acceptors (Lipinski definition) is 7. The third-order valence-corrected chi connectivity index (χ3v) is 6.18. The van der Waals surface area contributed by atoms with Crippen molar-refractivity contribution in [2.24, 2.45) is 5.92 Å². The molecule has 33 heavy (non-hydrogen) atoms. The van der Waals surface area contributed by atoms with Gasteiger partial charge in [-0.25, -0.2) is 14.6 Å². The smallest absolute Gasteiger partial charge is 0.407 e. The third-order valence-electron chi connectivity index (χ3n) is 5.37. The van der Waals surface area contributed by atoms with Crippen molar-refractivity contribution in [1.82, 2.24) is 15.2 Å². The molecule has 1 aliphatic carbocycles. The number of likely N-dealkylation sites (N-methyl/N-ethyl adjacent to an activating group) is 1. The van der Waals surface area contributed by atoms with Crippen LogP contribution in [0.2, 0.25) is 0 Å². The molecule has 3 N–H and O–H groups in total. The zero-order valence-electron chi connectivity index (χ0n) is 19.3. The first-order valence-corrected chi connectivity index (χ1v) is 11.9. The molecule has 0 saturated heterocycles. The molecule has 1 aromatic heterocycles. The molecule has 2 aromatic rings. The maximum atomic E-state index is 13.0. The van der Waals surface area contributed by atoms with E-state index in [1.807, 2.05) is 38.1 Å². The van der Waals surface area contributed by atoms with Crippen molar-refractivity contribution < 1.29 is 19.1 Å². The van der Waals surface area contributed by atoms with Gasteiger partial charge in [0.15, 0.2) is 10.9 Å². The summed E-state index contributed by atoms with van der Waals surface area (Å²) >= 11 is 1.25. The number of anilines is 2. The molecule has 178 valence electrons. The predicted octanol–water partition coefficient (Wildman–Crippen LogP) is 4.26. The minimum absolute atomic E-state index is 0.0269. The van der Waals surface area contributed by atoms with Gasteiger partial charge in [-0.1, -0.05) is 24.5 Å². The van der Waals surface area contributed by atoms with Crippen molar-refractivity contribution >= 4 is 40.1 Å². The number of carbonyl (C=O) groups is 3. The quantitative estimate of drug-likeness (QED) is 0.469.